The Kier molecular flexibility index (Phi) is 5.70. The molecule has 1 saturated heterocycles. The summed E-state index contributed by atoms with van der Waals surface area (Å²) in [6.07, 6.45) is -5.78. The number of amides is 1. The van der Waals surface area contributed by atoms with Crippen LogP contribution in [0.3, 0.4) is 0 Å². The van der Waals surface area contributed by atoms with Crippen molar-refractivity contribution >= 4 is 12.1 Å². The molecule has 1 aliphatic rings. The summed E-state index contributed by atoms with van der Waals surface area (Å²) in [4.78, 5) is 23.9. The normalized spacial score (nSPS) is 18.9. The van der Waals surface area contributed by atoms with Gasteiger partial charge in [0.1, 0.15) is 5.60 Å². The summed E-state index contributed by atoms with van der Waals surface area (Å²) >= 11 is 0. The van der Waals surface area contributed by atoms with E-state index in [9.17, 15) is 22.8 Å². The van der Waals surface area contributed by atoms with E-state index in [0.29, 0.717) is 0 Å². The summed E-state index contributed by atoms with van der Waals surface area (Å²) in [5, 5.41) is 8.66. The molecule has 0 saturated carbocycles. The number of halogens is 3. The lowest BCUT2D eigenvalue weighted by atomic mass is 9.82. The molecule has 128 valence electrons. The second-order valence-electron chi connectivity index (χ2n) is 6.55. The van der Waals surface area contributed by atoms with Crippen LogP contribution in [0.5, 0.6) is 0 Å². The predicted molar refractivity (Wildman–Crippen MR) is 72.3 cm³/mol. The average molecular weight is 325 g/mol. The molecule has 1 aliphatic heterocycles. The highest BCUT2D eigenvalue weighted by molar-refractivity contribution is 5.68. The van der Waals surface area contributed by atoms with Crippen molar-refractivity contribution in [2.24, 2.45) is 11.8 Å². The number of carboxylic acids is 1. The fraction of sp³-hybridized carbons (Fsp3) is 0.857. The minimum absolute atomic E-state index is 0.122. The number of hydrogen-bond donors (Lipinski definition) is 1. The van der Waals surface area contributed by atoms with E-state index in [1.807, 2.05) is 0 Å². The number of alkyl halides is 3. The first-order valence-corrected chi connectivity index (χ1v) is 7.16. The van der Waals surface area contributed by atoms with E-state index in [1.165, 1.54) is 4.90 Å². The molecule has 8 heteroatoms. The molecule has 0 aliphatic carbocycles. The lowest BCUT2D eigenvalue weighted by Gasteiger charge is -2.36. The van der Waals surface area contributed by atoms with E-state index in [0.717, 1.165) is 0 Å². The van der Waals surface area contributed by atoms with E-state index in [4.69, 9.17) is 9.84 Å². The van der Waals surface area contributed by atoms with Gasteiger partial charge in [0.2, 0.25) is 0 Å². The standard InChI is InChI=1S/C14H22F3NO4/c1-13(2,3)22-12(21)18-6-4-9(5-7-18)10(8-11(19)20)14(15,16)17/h9-10H,4-8H2,1-3H3,(H,19,20). The molecule has 1 unspecified atom stereocenters. The van der Waals surface area contributed by atoms with Crippen LogP contribution in [0.2, 0.25) is 0 Å². The van der Waals surface area contributed by atoms with Crippen molar-refractivity contribution in [1.29, 1.82) is 0 Å². The first-order valence-electron chi connectivity index (χ1n) is 7.16. The van der Waals surface area contributed by atoms with Gasteiger partial charge >= 0.3 is 18.2 Å². The summed E-state index contributed by atoms with van der Waals surface area (Å²) < 4.78 is 44.1. The van der Waals surface area contributed by atoms with E-state index in [1.54, 1.807) is 20.8 Å². The largest absolute Gasteiger partial charge is 0.481 e. The first-order chi connectivity index (χ1) is 9.90. The van der Waals surface area contributed by atoms with Gasteiger partial charge in [0.05, 0.1) is 12.3 Å². The van der Waals surface area contributed by atoms with Crippen LogP contribution in [0.25, 0.3) is 0 Å². The zero-order valence-electron chi connectivity index (χ0n) is 12.9. The first kappa shape index (κ1) is 18.6. The number of nitrogens with zero attached hydrogens (tertiary/aromatic N) is 1. The average Bonchev–Trinajstić information content (AvgIpc) is 2.32. The van der Waals surface area contributed by atoms with Gasteiger partial charge in [-0.25, -0.2) is 4.79 Å². The molecular formula is C14H22F3NO4. The molecule has 1 amide bonds. The molecule has 1 rings (SSSR count). The Balaban J connectivity index is 2.63. The van der Waals surface area contributed by atoms with Gasteiger partial charge < -0.3 is 14.7 Å². The zero-order chi connectivity index (χ0) is 17.1. The third-order valence-corrected chi connectivity index (χ3v) is 3.58. The van der Waals surface area contributed by atoms with Crippen LogP contribution in [0, 0.1) is 11.8 Å². The molecular weight excluding hydrogens is 303 g/mol. The van der Waals surface area contributed by atoms with Crippen molar-refractivity contribution in [1.82, 2.24) is 4.90 Å². The Bertz CT molecular complexity index is 409. The number of aliphatic carboxylic acids is 1. The van der Waals surface area contributed by atoms with Crippen LogP contribution in [0.4, 0.5) is 18.0 Å². The number of piperidine rings is 1. The molecule has 1 N–H and O–H groups in total. The Morgan fingerprint density at radius 2 is 1.73 bits per heavy atom. The van der Waals surface area contributed by atoms with Crippen LogP contribution in [0.1, 0.15) is 40.0 Å². The Morgan fingerprint density at radius 3 is 2.09 bits per heavy atom. The van der Waals surface area contributed by atoms with Gasteiger partial charge in [-0.1, -0.05) is 0 Å². The van der Waals surface area contributed by atoms with Crippen LogP contribution < -0.4 is 0 Å². The molecule has 0 aromatic rings. The summed E-state index contributed by atoms with van der Waals surface area (Å²) in [5.41, 5.74) is -0.661. The van der Waals surface area contributed by atoms with Gasteiger partial charge in [0.25, 0.3) is 0 Å². The molecule has 22 heavy (non-hydrogen) atoms. The number of likely N-dealkylation sites (tertiary alicyclic amines) is 1. The molecule has 0 spiro atoms. The van der Waals surface area contributed by atoms with Gasteiger partial charge in [-0.15, -0.1) is 0 Å². The van der Waals surface area contributed by atoms with Gasteiger partial charge in [-0.3, -0.25) is 4.79 Å². The third-order valence-electron chi connectivity index (χ3n) is 3.58. The lowest BCUT2D eigenvalue weighted by Crippen LogP contribution is -2.45. The number of rotatable bonds is 3. The fourth-order valence-corrected chi connectivity index (χ4v) is 2.55. The highest BCUT2D eigenvalue weighted by Crippen LogP contribution is 2.39. The second kappa shape index (κ2) is 6.75. The molecule has 0 bridgehead atoms. The van der Waals surface area contributed by atoms with Gasteiger partial charge in [0.15, 0.2) is 0 Å². The number of ether oxygens (including phenoxy) is 1. The van der Waals surface area contributed by atoms with E-state index >= 15 is 0 Å². The second-order valence-corrected chi connectivity index (χ2v) is 6.55. The minimum atomic E-state index is -4.54. The molecule has 0 aromatic carbocycles. The van der Waals surface area contributed by atoms with E-state index in [-0.39, 0.29) is 25.9 Å². The minimum Gasteiger partial charge on any atom is -0.481 e. The highest BCUT2D eigenvalue weighted by atomic mass is 19.4. The smallest absolute Gasteiger partial charge is 0.410 e. The summed E-state index contributed by atoms with van der Waals surface area (Å²) in [6, 6.07) is 0. The molecule has 1 heterocycles. The number of carboxylic acid groups (broad SMARTS) is 1. The predicted octanol–water partition coefficient (Wildman–Crippen LogP) is 3.29. The maximum atomic E-state index is 13.0. The fourth-order valence-electron chi connectivity index (χ4n) is 2.55. The van der Waals surface area contributed by atoms with Crippen LogP contribution in [-0.4, -0.2) is 46.9 Å². The Hall–Kier alpha value is -1.47. The Morgan fingerprint density at radius 1 is 1.23 bits per heavy atom. The monoisotopic (exact) mass is 325 g/mol. The SMILES string of the molecule is CC(C)(C)OC(=O)N1CCC(C(CC(=O)O)C(F)(F)F)CC1. The number of carbonyl (C=O) groups is 2. The van der Waals surface area contributed by atoms with Crippen molar-refractivity contribution in [3.05, 3.63) is 0 Å². The van der Waals surface area contributed by atoms with Gasteiger partial charge in [0, 0.05) is 13.1 Å². The van der Waals surface area contributed by atoms with Crippen LogP contribution in [-0.2, 0) is 9.53 Å². The third kappa shape index (κ3) is 5.73. The van der Waals surface area contributed by atoms with E-state index < -0.39 is 42.1 Å². The topological polar surface area (TPSA) is 66.8 Å². The highest BCUT2D eigenvalue weighted by Gasteiger charge is 2.46. The molecule has 5 nitrogen and oxygen atoms in total. The van der Waals surface area contributed by atoms with Crippen molar-refractivity contribution in [2.45, 2.75) is 51.8 Å². The maximum absolute atomic E-state index is 13.0. The molecule has 0 radical (unpaired) electrons. The molecule has 0 aromatic heterocycles. The maximum Gasteiger partial charge on any atom is 0.410 e. The van der Waals surface area contributed by atoms with E-state index in [2.05, 4.69) is 0 Å². The van der Waals surface area contributed by atoms with Crippen molar-refractivity contribution in [3.63, 3.8) is 0 Å². The lowest BCUT2D eigenvalue weighted by molar-refractivity contribution is -0.198. The zero-order valence-corrected chi connectivity index (χ0v) is 12.9. The molecule has 1 fully saturated rings. The van der Waals surface area contributed by atoms with Gasteiger partial charge in [-0.2, -0.15) is 13.2 Å². The summed E-state index contributed by atoms with van der Waals surface area (Å²) in [6.45, 7) is 5.43. The number of carbonyl (C=O) groups excluding carboxylic acids is 1. The quantitative estimate of drug-likeness (QED) is 0.864. The summed E-state index contributed by atoms with van der Waals surface area (Å²) in [5.74, 6) is -4.11. The van der Waals surface area contributed by atoms with Crippen molar-refractivity contribution in [2.75, 3.05) is 13.1 Å². The van der Waals surface area contributed by atoms with Gasteiger partial charge in [-0.05, 0) is 39.5 Å². The summed E-state index contributed by atoms with van der Waals surface area (Å²) in [7, 11) is 0. The van der Waals surface area contributed by atoms with Crippen LogP contribution in [0.15, 0.2) is 0 Å². The molecule has 1 atom stereocenters. The van der Waals surface area contributed by atoms with Crippen molar-refractivity contribution < 1.29 is 32.6 Å². The van der Waals surface area contributed by atoms with Crippen molar-refractivity contribution in [3.8, 4) is 0 Å². The van der Waals surface area contributed by atoms with Crippen LogP contribution >= 0.6 is 0 Å². The Labute approximate surface area is 127 Å². The number of hydrogen-bond acceptors (Lipinski definition) is 3.